The van der Waals surface area contributed by atoms with Crippen molar-refractivity contribution in [3.63, 3.8) is 0 Å². The quantitative estimate of drug-likeness (QED) is 0.338. The number of imide groups is 2. The maximum atomic E-state index is 13.2. The molecule has 0 saturated carbocycles. The van der Waals surface area contributed by atoms with Gasteiger partial charge in [-0.3, -0.25) is 19.7 Å². The van der Waals surface area contributed by atoms with Crippen LogP contribution in [0.1, 0.15) is 5.56 Å². The van der Waals surface area contributed by atoms with Gasteiger partial charge in [0.15, 0.2) is 18.1 Å². The number of benzene rings is 3. The van der Waals surface area contributed by atoms with Crippen molar-refractivity contribution in [2.45, 2.75) is 0 Å². The normalized spacial score (nSPS) is 14.4. The van der Waals surface area contributed by atoms with Crippen LogP contribution in [0.3, 0.4) is 0 Å². The molecule has 182 valence electrons. The molecule has 4 rings (SSSR count). The number of hydrogen-bond donors (Lipinski definition) is 2. The highest BCUT2D eigenvalue weighted by molar-refractivity contribution is 9.10. The Morgan fingerprint density at radius 2 is 1.72 bits per heavy atom. The molecule has 0 aromatic heterocycles. The molecule has 10 heteroatoms. The zero-order valence-corrected chi connectivity index (χ0v) is 20.6. The van der Waals surface area contributed by atoms with Gasteiger partial charge in [-0.1, -0.05) is 46.3 Å². The highest BCUT2D eigenvalue weighted by atomic mass is 79.9. The third-order valence-corrected chi connectivity index (χ3v) is 5.65. The SMILES string of the molecule is COc1cccc(/C=C2\C(=O)NC(=O)N(c3ccc(Br)cc3)C2=O)c1OCC(=O)Nc1ccccc1. The average molecular weight is 550 g/mol. The largest absolute Gasteiger partial charge is 0.493 e. The summed E-state index contributed by atoms with van der Waals surface area (Å²) < 4.78 is 11.9. The first kappa shape index (κ1) is 24.7. The number of anilines is 2. The zero-order valence-electron chi connectivity index (χ0n) is 19.0. The Balaban J connectivity index is 1.62. The number of amides is 5. The lowest BCUT2D eigenvalue weighted by Gasteiger charge is -2.26. The molecule has 3 aromatic carbocycles. The molecule has 1 aliphatic heterocycles. The first-order valence-corrected chi connectivity index (χ1v) is 11.5. The van der Waals surface area contributed by atoms with E-state index in [4.69, 9.17) is 9.47 Å². The van der Waals surface area contributed by atoms with Gasteiger partial charge in [0.25, 0.3) is 17.7 Å². The third kappa shape index (κ3) is 5.44. The summed E-state index contributed by atoms with van der Waals surface area (Å²) in [6, 6.07) is 19.4. The Morgan fingerprint density at radius 3 is 2.42 bits per heavy atom. The number of barbiturate groups is 1. The molecule has 36 heavy (non-hydrogen) atoms. The van der Waals surface area contributed by atoms with E-state index in [9.17, 15) is 19.2 Å². The summed E-state index contributed by atoms with van der Waals surface area (Å²) in [5.74, 6) is -1.62. The first-order chi connectivity index (χ1) is 17.4. The molecular weight excluding hydrogens is 530 g/mol. The number of nitrogens with zero attached hydrogens (tertiary/aromatic N) is 1. The van der Waals surface area contributed by atoms with Crippen molar-refractivity contribution in [1.29, 1.82) is 0 Å². The molecule has 0 radical (unpaired) electrons. The first-order valence-electron chi connectivity index (χ1n) is 10.7. The van der Waals surface area contributed by atoms with Gasteiger partial charge < -0.3 is 14.8 Å². The molecule has 0 bridgehead atoms. The van der Waals surface area contributed by atoms with Crippen LogP contribution >= 0.6 is 15.9 Å². The monoisotopic (exact) mass is 549 g/mol. The number of para-hydroxylation sites is 2. The fourth-order valence-corrected chi connectivity index (χ4v) is 3.72. The van der Waals surface area contributed by atoms with Crippen molar-refractivity contribution >= 4 is 57.1 Å². The summed E-state index contributed by atoms with van der Waals surface area (Å²) in [5.41, 5.74) is 0.921. The molecule has 9 nitrogen and oxygen atoms in total. The molecule has 1 aliphatic rings. The molecule has 1 fully saturated rings. The summed E-state index contributed by atoms with van der Waals surface area (Å²) in [4.78, 5) is 51.5. The lowest BCUT2D eigenvalue weighted by molar-refractivity contribution is -0.122. The maximum Gasteiger partial charge on any atom is 0.335 e. The van der Waals surface area contributed by atoms with Gasteiger partial charge in [0.05, 0.1) is 12.8 Å². The van der Waals surface area contributed by atoms with Crippen LogP contribution in [0.5, 0.6) is 11.5 Å². The molecular formula is C26H20BrN3O6. The number of halogens is 1. The van der Waals surface area contributed by atoms with Gasteiger partial charge in [-0.2, -0.15) is 0 Å². The molecule has 0 unspecified atom stereocenters. The molecule has 0 aliphatic carbocycles. The van der Waals surface area contributed by atoms with Crippen molar-refractivity contribution < 1.29 is 28.7 Å². The molecule has 1 heterocycles. The standard InChI is InChI=1S/C26H20BrN3O6/c1-35-21-9-5-6-16(23(21)36-15-22(31)28-18-7-3-2-4-8-18)14-20-24(32)29-26(34)30(25(20)33)19-12-10-17(27)11-13-19/h2-14H,15H2,1H3,(H,28,31)(H,29,32,34)/b20-14+. The minimum Gasteiger partial charge on any atom is -0.493 e. The van der Waals surface area contributed by atoms with Crippen molar-refractivity contribution in [1.82, 2.24) is 5.32 Å². The van der Waals surface area contributed by atoms with Crippen molar-refractivity contribution in [3.8, 4) is 11.5 Å². The second-order valence-electron chi connectivity index (χ2n) is 7.52. The number of carbonyl (C=O) groups is 4. The highest BCUT2D eigenvalue weighted by Crippen LogP contribution is 2.33. The minimum atomic E-state index is -0.857. The smallest absolute Gasteiger partial charge is 0.335 e. The number of ether oxygens (including phenoxy) is 2. The summed E-state index contributed by atoms with van der Waals surface area (Å²) in [6.07, 6.45) is 1.29. The van der Waals surface area contributed by atoms with E-state index in [1.54, 1.807) is 66.7 Å². The molecule has 0 spiro atoms. The molecule has 1 saturated heterocycles. The summed E-state index contributed by atoms with van der Waals surface area (Å²) in [6.45, 7) is -0.352. The second kappa shape index (κ2) is 10.9. The van der Waals surface area contributed by atoms with Crippen LogP contribution < -0.4 is 25.0 Å². The summed E-state index contributed by atoms with van der Waals surface area (Å²) >= 11 is 3.31. The van der Waals surface area contributed by atoms with Gasteiger partial charge in [-0.25, -0.2) is 9.69 Å². The number of urea groups is 1. The Kier molecular flexibility index (Phi) is 7.45. The van der Waals surface area contributed by atoms with Gasteiger partial charge in [0.1, 0.15) is 5.57 Å². The Bertz CT molecular complexity index is 1360. The van der Waals surface area contributed by atoms with Crippen LogP contribution in [0.4, 0.5) is 16.2 Å². The minimum absolute atomic E-state index is 0.156. The van der Waals surface area contributed by atoms with Crippen LogP contribution in [0, 0.1) is 0 Å². The van der Waals surface area contributed by atoms with Crippen LogP contribution in [0.2, 0.25) is 0 Å². The van der Waals surface area contributed by atoms with E-state index < -0.39 is 23.8 Å². The lowest BCUT2D eigenvalue weighted by atomic mass is 10.1. The predicted octanol–water partition coefficient (Wildman–Crippen LogP) is 4.14. The van der Waals surface area contributed by atoms with Gasteiger partial charge in [-0.15, -0.1) is 0 Å². The van der Waals surface area contributed by atoms with Crippen LogP contribution in [0.15, 0.2) is 82.8 Å². The lowest BCUT2D eigenvalue weighted by Crippen LogP contribution is -2.54. The number of carbonyl (C=O) groups excluding carboxylic acids is 4. The van der Waals surface area contributed by atoms with E-state index in [2.05, 4.69) is 26.6 Å². The average Bonchev–Trinajstić information content (AvgIpc) is 2.87. The van der Waals surface area contributed by atoms with Gasteiger partial charge in [0, 0.05) is 15.7 Å². The van der Waals surface area contributed by atoms with E-state index in [-0.39, 0.29) is 17.9 Å². The zero-order chi connectivity index (χ0) is 25.7. The van der Waals surface area contributed by atoms with Crippen LogP contribution in [-0.2, 0) is 14.4 Å². The van der Waals surface area contributed by atoms with E-state index in [1.165, 1.54) is 13.2 Å². The fourth-order valence-electron chi connectivity index (χ4n) is 3.46. The van der Waals surface area contributed by atoms with Gasteiger partial charge in [-0.05, 0) is 48.5 Å². The van der Waals surface area contributed by atoms with Crippen molar-refractivity contribution in [2.75, 3.05) is 23.9 Å². The molecule has 3 aromatic rings. The summed E-state index contributed by atoms with van der Waals surface area (Å²) in [5, 5.41) is 4.89. The number of methoxy groups -OCH3 is 1. The van der Waals surface area contributed by atoms with E-state index in [1.807, 2.05) is 6.07 Å². The van der Waals surface area contributed by atoms with E-state index in [0.29, 0.717) is 22.7 Å². The van der Waals surface area contributed by atoms with Gasteiger partial charge in [0.2, 0.25) is 0 Å². The predicted molar refractivity (Wildman–Crippen MR) is 137 cm³/mol. The Hall–Kier alpha value is -4.44. The molecule has 2 N–H and O–H groups in total. The summed E-state index contributed by atoms with van der Waals surface area (Å²) in [7, 11) is 1.43. The van der Waals surface area contributed by atoms with E-state index >= 15 is 0 Å². The number of rotatable bonds is 7. The highest BCUT2D eigenvalue weighted by Gasteiger charge is 2.37. The fraction of sp³-hybridized carbons (Fsp3) is 0.0769. The molecule has 0 atom stereocenters. The topological polar surface area (TPSA) is 114 Å². The third-order valence-electron chi connectivity index (χ3n) is 5.12. The van der Waals surface area contributed by atoms with E-state index in [0.717, 1.165) is 9.37 Å². The van der Waals surface area contributed by atoms with Crippen LogP contribution in [-0.4, -0.2) is 37.5 Å². The maximum absolute atomic E-state index is 13.2. The van der Waals surface area contributed by atoms with Crippen molar-refractivity contribution in [3.05, 3.63) is 88.4 Å². The Labute approximate surface area is 214 Å². The van der Waals surface area contributed by atoms with Crippen LogP contribution in [0.25, 0.3) is 6.08 Å². The molecule has 5 amide bonds. The van der Waals surface area contributed by atoms with Gasteiger partial charge >= 0.3 is 6.03 Å². The number of nitrogens with one attached hydrogen (secondary N) is 2. The Morgan fingerprint density at radius 1 is 1.00 bits per heavy atom. The second-order valence-corrected chi connectivity index (χ2v) is 8.43. The number of hydrogen-bond acceptors (Lipinski definition) is 6. The van der Waals surface area contributed by atoms with Crippen molar-refractivity contribution in [2.24, 2.45) is 0 Å².